The van der Waals surface area contributed by atoms with Crippen molar-refractivity contribution in [3.05, 3.63) is 29.8 Å². The molecule has 0 aromatic heterocycles. The number of anilines is 1. The van der Waals surface area contributed by atoms with Gasteiger partial charge in [-0.1, -0.05) is 24.6 Å². The molecule has 1 aliphatic rings. The third-order valence-corrected chi connectivity index (χ3v) is 4.70. The Morgan fingerprint density at radius 3 is 2.29 bits per heavy atom. The number of amides is 1. The van der Waals surface area contributed by atoms with Gasteiger partial charge in [0.05, 0.1) is 5.41 Å². The molecule has 116 valence electrons. The van der Waals surface area contributed by atoms with Gasteiger partial charge >= 0.3 is 0 Å². The molecule has 21 heavy (non-hydrogen) atoms. The summed E-state index contributed by atoms with van der Waals surface area (Å²) in [6, 6.07) is 8.90. The van der Waals surface area contributed by atoms with Crippen molar-refractivity contribution in [3.63, 3.8) is 0 Å². The largest absolute Gasteiger partial charge is 0.371 e. The van der Waals surface area contributed by atoms with Crippen LogP contribution in [0.25, 0.3) is 0 Å². The Hall–Kier alpha value is -1.51. The Balaban J connectivity index is 2.03. The van der Waals surface area contributed by atoms with Crippen LogP contribution in [0.2, 0.25) is 0 Å². The van der Waals surface area contributed by atoms with Gasteiger partial charge in [-0.25, -0.2) is 0 Å². The fraction of sp³-hybridized carbons (Fsp3) is 0.611. The lowest BCUT2D eigenvalue weighted by Gasteiger charge is -2.41. The van der Waals surface area contributed by atoms with Gasteiger partial charge in [-0.2, -0.15) is 0 Å². The van der Waals surface area contributed by atoms with E-state index in [9.17, 15) is 4.79 Å². The predicted molar refractivity (Wildman–Crippen MR) is 88.6 cm³/mol. The maximum atomic E-state index is 12.5. The summed E-state index contributed by atoms with van der Waals surface area (Å²) in [6.45, 7) is 10.2. The number of carbonyl (C=O) groups excluding carboxylic acids is 1. The third-order valence-electron chi connectivity index (χ3n) is 4.70. The second-order valence-electron chi connectivity index (χ2n) is 6.58. The summed E-state index contributed by atoms with van der Waals surface area (Å²) in [5, 5.41) is 3.11. The number of benzene rings is 1. The molecule has 1 saturated heterocycles. The van der Waals surface area contributed by atoms with Crippen LogP contribution in [-0.4, -0.2) is 25.0 Å². The van der Waals surface area contributed by atoms with Gasteiger partial charge in [-0.05, 0) is 52.2 Å². The molecule has 1 fully saturated rings. The van der Waals surface area contributed by atoms with Gasteiger partial charge in [0.2, 0.25) is 5.91 Å². The van der Waals surface area contributed by atoms with Crippen LogP contribution in [0.15, 0.2) is 24.3 Å². The third kappa shape index (κ3) is 3.58. The minimum Gasteiger partial charge on any atom is -0.371 e. The Morgan fingerprint density at radius 2 is 1.81 bits per heavy atom. The number of rotatable bonds is 4. The summed E-state index contributed by atoms with van der Waals surface area (Å²) >= 11 is 0. The highest BCUT2D eigenvalue weighted by atomic mass is 16.2. The Bertz CT molecular complexity index is 470. The highest BCUT2D eigenvalue weighted by Crippen LogP contribution is 2.36. The van der Waals surface area contributed by atoms with Gasteiger partial charge in [0.15, 0.2) is 0 Å². The first kappa shape index (κ1) is 15.9. The molecule has 1 aromatic carbocycles. The fourth-order valence-electron chi connectivity index (χ4n) is 3.10. The highest BCUT2D eigenvalue weighted by Gasteiger charge is 2.39. The fourth-order valence-corrected chi connectivity index (χ4v) is 3.10. The molecule has 0 atom stereocenters. The lowest BCUT2D eigenvalue weighted by molar-refractivity contribution is -0.133. The standard InChI is InChI=1S/C18H28N2O/c1-5-18(17(21)19-14(2)3)10-12-20(13-11-18)16-8-6-15(4)7-9-16/h6-9,14H,5,10-13H2,1-4H3,(H,19,21). The van der Waals surface area contributed by atoms with Gasteiger partial charge in [0, 0.05) is 24.8 Å². The van der Waals surface area contributed by atoms with Gasteiger partial charge in [-0.15, -0.1) is 0 Å². The summed E-state index contributed by atoms with van der Waals surface area (Å²) in [6.07, 6.45) is 2.80. The average Bonchev–Trinajstić information content (AvgIpc) is 2.47. The Labute approximate surface area is 128 Å². The first-order valence-corrected chi connectivity index (χ1v) is 8.09. The van der Waals surface area contributed by atoms with Gasteiger partial charge in [0.25, 0.3) is 0 Å². The zero-order chi connectivity index (χ0) is 15.5. The summed E-state index contributed by atoms with van der Waals surface area (Å²) in [5.41, 5.74) is 2.38. The van der Waals surface area contributed by atoms with Gasteiger partial charge in [0.1, 0.15) is 0 Å². The second-order valence-corrected chi connectivity index (χ2v) is 6.58. The van der Waals surface area contributed by atoms with E-state index in [0.717, 1.165) is 32.4 Å². The van der Waals surface area contributed by atoms with E-state index < -0.39 is 0 Å². The minimum absolute atomic E-state index is 0.175. The zero-order valence-electron chi connectivity index (χ0n) is 13.8. The maximum absolute atomic E-state index is 12.5. The molecule has 0 spiro atoms. The van der Waals surface area contributed by atoms with E-state index in [0.29, 0.717) is 0 Å². The van der Waals surface area contributed by atoms with Crippen LogP contribution in [0.4, 0.5) is 5.69 Å². The molecular formula is C18H28N2O. The molecule has 3 nitrogen and oxygen atoms in total. The summed E-state index contributed by atoms with van der Waals surface area (Å²) < 4.78 is 0. The van der Waals surface area contributed by atoms with E-state index in [1.165, 1.54) is 11.3 Å². The predicted octanol–water partition coefficient (Wildman–Crippen LogP) is 3.52. The van der Waals surface area contributed by atoms with Gasteiger partial charge < -0.3 is 10.2 Å². The summed E-state index contributed by atoms with van der Waals surface area (Å²) in [4.78, 5) is 14.9. The lowest BCUT2D eigenvalue weighted by atomic mass is 9.75. The van der Waals surface area contributed by atoms with E-state index in [1.54, 1.807) is 0 Å². The zero-order valence-corrected chi connectivity index (χ0v) is 13.8. The van der Waals surface area contributed by atoms with Crippen molar-refractivity contribution in [2.45, 2.75) is 53.0 Å². The lowest BCUT2D eigenvalue weighted by Crippen LogP contribution is -2.50. The SMILES string of the molecule is CCC1(C(=O)NC(C)C)CCN(c2ccc(C)cc2)CC1. The van der Waals surface area contributed by atoms with Crippen LogP contribution in [0, 0.1) is 12.3 Å². The van der Waals surface area contributed by atoms with Crippen LogP contribution in [-0.2, 0) is 4.79 Å². The van der Waals surface area contributed by atoms with Crippen molar-refractivity contribution in [3.8, 4) is 0 Å². The van der Waals surface area contributed by atoms with Crippen LogP contribution in [0.1, 0.15) is 45.6 Å². The van der Waals surface area contributed by atoms with Crippen LogP contribution < -0.4 is 10.2 Å². The Kier molecular flexibility index (Phi) is 4.92. The van der Waals surface area contributed by atoms with E-state index in [-0.39, 0.29) is 17.4 Å². The van der Waals surface area contributed by atoms with E-state index >= 15 is 0 Å². The minimum atomic E-state index is -0.175. The first-order valence-electron chi connectivity index (χ1n) is 8.09. The normalized spacial score (nSPS) is 17.9. The first-order chi connectivity index (χ1) is 9.97. The number of piperidine rings is 1. The number of nitrogens with zero attached hydrogens (tertiary/aromatic N) is 1. The van der Waals surface area contributed by atoms with Crippen LogP contribution in [0.3, 0.4) is 0 Å². The van der Waals surface area contributed by atoms with E-state index in [2.05, 4.69) is 48.3 Å². The molecule has 0 unspecified atom stereocenters. The number of nitrogens with one attached hydrogen (secondary N) is 1. The number of carbonyl (C=O) groups is 1. The molecule has 1 heterocycles. The molecular weight excluding hydrogens is 260 g/mol. The van der Waals surface area contributed by atoms with Crippen molar-refractivity contribution < 1.29 is 4.79 Å². The monoisotopic (exact) mass is 288 g/mol. The van der Waals surface area contributed by atoms with E-state index in [4.69, 9.17) is 0 Å². The second kappa shape index (κ2) is 6.50. The Morgan fingerprint density at radius 1 is 1.24 bits per heavy atom. The van der Waals surface area contributed by atoms with Crippen LogP contribution >= 0.6 is 0 Å². The topological polar surface area (TPSA) is 32.3 Å². The molecule has 0 radical (unpaired) electrons. The molecule has 0 bridgehead atoms. The molecule has 1 amide bonds. The molecule has 1 aliphatic heterocycles. The molecule has 3 heteroatoms. The summed E-state index contributed by atoms with van der Waals surface area (Å²) in [5.74, 6) is 0.239. The van der Waals surface area contributed by atoms with E-state index in [1.807, 2.05) is 13.8 Å². The van der Waals surface area contributed by atoms with Crippen molar-refractivity contribution >= 4 is 11.6 Å². The molecule has 0 aliphatic carbocycles. The quantitative estimate of drug-likeness (QED) is 0.919. The van der Waals surface area contributed by atoms with Gasteiger partial charge in [-0.3, -0.25) is 4.79 Å². The number of hydrogen-bond donors (Lipinski definition) is 1. The van der Waals surface area contributed by atoms with Crippen molar-refractivity contribution in [1.29, 1.82) is 0 Å². The molecule has 1 aromatic rings. The average molecular weight is 288 g/mol. The highest BCUT2D eigenvalue weighted by molar-refractivity contribution is 5.83. The van der Waals surface area contributed by atoms with Crippen molar-refractivity contribution in [2.24, 2.45) is 5.41 Å². The van der Waals surface area contributed by atoms with Crippen LogP contribution in [0.5, 0.6) is 0 Å². The smallest absolute Gasteiger partial charge is 0.226 e. The molecule has 0 saturated carbocycles. The molecule has 1 N–H and O–H groups in total. The van der Waals surface area contributed by atoms with Crippen molar-refractivity contribution in [1.82, 2.24) is 5.32 Å². The summed E-state index contributed by atoms with van der Waals surface area (Å²) in [7, 11) is 0. The maximum Gasteiger partial charge on any atom is 0.226 e. The molecule has 2 rings (SSSR count). The number of hydrogen-bond acceptors (Lipinski definition) is 2. The number of aryl methyl sites for hydroxylation is 1. The van der Waals surface area contributed by atoms with Crippen molar-refractivity contribution in [2.75, 3.05) is 18.0 Å².